The van der Waals surface area contributed by atoms with Crippen LogP contribution in [0.2, 0.25) is 0 Å². The molecule has 0 unspecified atom stereocenters. The summed E-state index contributed by atoms with van der Waals surface area (Å²) in [4.78, 5) is 13.8. The molecule has 0 rings (SSSR count). The van der Waals surface area contributed by atoms with E-state index in [1.54, 1.807) is 0 Å². The van der Waals surface area contributed by atoms with Crippen LogP contribution < -0.4 is 5.73 Å². The molecule has 0 aliphatic rings. The van der Waals surface area contributed by atoms with E-state index in [-0.39, 0.29) is 5.78 Å². The first-order valence-electron chi connectivity index (χ1n) is 2.48. The third kappa shape index (κ3) is 5.30. The molecule has 0 radical (unpaired) electrons. The van der Waals surface area contributed by atoms with Gasteiger partial charge in [-0.25, -0.2) is 0 Å². The molecular weight excluding hydrogens is 104 g/mol. The van der Waals surface area contributed by atoms with Crippen LogP contribution in [0.1, 0.15) is 6.92 Å². The van der Waals surface area contributed by atoms with Crippen molar-refractivity contribution in [2.24, 2.45) is 10.7 Å². The molecule has 3 nitrogen and oxygen atoms in total. The van der Waals surface area contributed by atoms with Gasteiger partial charge in [0.1, 0.15) is 0 Å². The van der Waals surface area contributed by atoms with Gasteiger partial charge in [0.2, 0.25) is 0 Å². The maximum absolute atomic E-state index is 10.1. The minimum atomic E-state index is -0.0292. The second-order valence-electron chi connectivity index (χ2n) is 1.43. The molecule has 3 heteroatoms. The van der Waals surface area contributed by atoms with Crippen molar-refractivity contribution in [2.75, 3.05) is 13.1 Å². The number of nitrogens with two attached hydrogens (primary N) is 1. The Bertz CT molecular complexity index is 98.6. The quantitative estimate of drug-likeness (QED) is 0.508. The van der Waals surface area contributed by atoms with Crippen LogP contribution in [0, 0.1) is 0 Å². The molecule has 0 aromatic rings. The van der Waals surface area contributed by atoms with Crippen LogP contribution in [0.15, 0.2) is 4.99 Å². The number of hydrogen-bond acceptors (Lipinski definition) is 3. The van der Waals surface area contributed by atoms with Crippen LogP contribution in [0.25, 0.3) is 0 Å². The zero-order valence-corrected chi connectivity index (χ0v) is 4.92. The van der Waals surface area contributed by atoms with Crippen LogP contribution in [-0.2, 0) is 4.79 Å². The van der Waals surface area contributed by atoms with Gasteiger partial charge in [-0.05, 0) is 0 Å². The van der Waals surface area contributed by atoms with Crippen LogP contribution >= 0.6 is 0 Å². The van der Waals surface area contributed by atoms with Crippen molar-refractivity contribution < 1.29 is 4.79 Å². The minimum absolute atomic E-state index is 0.0292. The highest BCUT2D eigenvalue weighted by Gasteiger charge is 1.79. The number of Topliss-reactive ketones (excluding diaryl/α,β-unsaturated/α-hetero) is 1. The Kier molecular flexibility index (Phi) is 4.07. The minimum Gasteiger partial charge on any atom is -0.329 e. The average Bonchev–Trinajstić information content (AvgIpc) is 1.66. The number of rotatable bonds is 3. The van der Waals surface area contributed by atoms with E-state index in [2.05, 4.69) is 4.99 Å². The monoisotopic (exact) mass is 114 g/mol. The number of carbonyl (C=O) groups excluding carboxylic acids is 1. The van der Waals surface area contributed by atoms with Gasteiger partial charge < -0.3 is 5.73 Å². The highest BCUT2D eigenvalue weighted by atomic mass is 16.1. The molecule has 0 heterocycles. The molecule has 0 spiro atoms. The Labute approximate surface area is 48.6 Å². The lowest BCUT2D eigenvalue weighted by Crippen LogP contribution is -2.03. The van der Waals surface area contributed by atoms with Crippen LogP contribution in [0.3, 0.4) is 0 Å². The second kappa shape index (κ2) is 4.46. The van der Waals surface area contributed by atoms with Crippen molar-refractivity contribution >= 4 is 12.0 Å². The SMILES string of the molecule is CC(=O)C=NCCN. The number of aliphatic imine (C=N–C) groups is 1. The highest BCUT2D eigenvalue weighted by molar-refractivity contribution is 6.26. The summed E-state index contributed by atoms with van der Waals surface area (Å²) in [7, 11) is 0. The fourth-order valence-electron chi connectivity index (χ4n) is 0.268. The van der Waals surface area contributed by atoms with Crippen molar-refractivity contribution in [1.29, 1.82) is 0 Å². The standard InChI is InChI=1S/C5H10N2O/c1-5(8)4-7-3-2-6/h4H,2-3,6H2,1H3. The maximum atomic E-state index is 10.1. The maximum Gasteiger partial charge on any atom is 0.170 e. The van der Waals surface area contributed by atoms with E-state index in [1.807, 2.05) is 0 Å². The zero-order chi connectivity index (χ0) is 6.41. The largest absolute Gasteiger partial charge is 0.329 e. The molecule has 0 amide bonds. The van der Waals surface area contributed by atoms with Crippen LogP contribution in [-0.4, -0.2) is 25.1 Å². The lowest BCUT2D eigenvalue weighted by atomic mass is 10.5. The van der Waals surface area contributed by atoms with Gasteiger partial charge >= 0.3 is 0 Å². The molecule has 0 aromatic heterocycles. The normalized spacial score (nSPS) is 10.2. The molecule has 0 atom stereocenters. The fraction of sp³-hybridized carbons (Fsp3) is 0.600. The van der Waals surface area contributed by atoms with E-state index in [0.29, 0.717) is 13.1 Å². The Hall–Kier alpha value is -0.700. The van der Waals surface area contributed by atoms with Gasteiger partial charge in [-0.15, -0.1) is 0 Å². The van der Waals surface area contributed by atoms with Crippen molar-refractivity contribution in [3.8, 4) is 0 Å². The van der Waals surface area contributed by atoms with E-state index in [1.165, 1.54) is 13.1 Å². The summed E-state index contributed by atoms with van der Waals surface area (Å²) in [5.74, 6) is -0.0292. The van der Waals surface area contributed by atoms with Crippen molar-refractivity contribution in [1.82, 2.24) is 0 Å². The Morgan fingerprint density at radius 2 is 2.50 bits per heavy atom. The van der Waals surface area contributed by atoms with E-state index in [4.69, 9.17) is 5.73 Å². The highest BCUT2D eigenvalue weighted by Crippen LogP contribution is 1.64. The van der Waals surface area contributed by atoms with Gasteiger partial charge in [0.05, 0.1) is 12.8 Å². The molecule has 8 heavy (non-hydrogen) atoms. The summed E-state index contributed by atoms with van der Waals surface area (Å²) >= 11 is 0. The van der Waals surface area contributed by atoms with Crippen molar-refractivity contribution in [2.45, 2.75) is 6.92 Å². The lowest BCUT2D eigenvalue weighted by Gasteiger charge is -1.81. The smallest absolute Gasteiger partial charge is 0.170 e. The van der Waals surface area contributed by atoms with Crippen molar-refractivity contribution in [3.63, 3.8) is 0 Å². The van der Waals surface area contributed by atoms with E-state index >= 15 is 0 Å². The first kappa shape index (κ1) is 7.30. The fourth-order valence-corrected chi connectivity index (χ4v) is 0.268. The predicted octanol–water partition coefficient (Wildman–Crippen LogP) is -0.395. The molecule has 46 valence electrons. The molecule has 0 aliphatic heterocycles. The van der Waals surface area contributed by atoms with Gasteiger partial charge in [-0.2, -0.15) is 0 Å². The number of ketones is 1. The van der Waals surface area contributed by atoms with Crippen molar-refractivity contribution in [3.05, 3.63) is 0 Å². The summed E-state index contributed by atoms with van der Waals surface area (Å²) in [6.45, 7) is 2.50. The third-order valence-corrected chi connectivity index (χ3v) is 0.531. The second-order valence-corrected chi connectivity index (χ2v) is 1.43. The summed E-state index contributed by atoms with van der Waals surface area (Å²) < 4.78 is 0. The zero-order valence-electron chi connectivity index (χ0n) is 4.92. The number of hydrogen-bond donors (Lipinski definition) is 1. The molecular formula is C5H10N2O. The third-order valence-electron chi connectivity index (χ3n) is 0.531. The van der Waals surface area contributed by atoms with Crippen LogP contribution in [0.5, 0.6) is 0 Å². The van der Waals surface area contributed by atoms with Gasteiger partial charge in [0, 0.05) is 13.5 Å². The van der Waals surface area contributed by atoms with E-state index < -0.39 is 0 Å². The molecule has 0 bridgehead atoms. The first-order valence-corrected chi connectivity index (χ1v) is 2.48. The van der Waals surface area contributed by atoms with E-state index in [9.17, 15) is 4.79 Å². The molecule has 2 N–H and O–H groups in total. The predicted molar refractivity (Wildman–Crippen MR) is 33.1 cm³/mol. The summed E-state index contributed by atoms with van der Waals surface area (Å²) in [5.41, 5.74) is 5.09. The molecule has 0 fully saturated rings. The van der Waals surface area contributed by atoms with E-state index in [0.717, 1.165) is 0 Å². The molecule has 0 aromatic carbocycles. The summed E-state index contributed by atoms with van der Waals surface area (Å²) in [6, 6.07) is 0. The molecule has 0 aliphatic carbocycles. The van der Waals surface area contributed by atoms with Gasteiger partial charge in [0.25, 0.3) is 0 Å². The number of carbonyl (C=O) groups is 1. The average molecular weight is 114 g/mol. The topological polar surface area (TPSA) is 55.5 Å². The Balaban J connectivity index is 3.20. The van der Waals surface area contributed by atoms with Gasteiger partial charge in [0.15, 0.2) is 5.78 Å². The summed E-state index contributed by atoms with van der Waals surface area (Å²) in [5, 5.41) is 0. The Morgan fingerprint density at radius 1 is 1.88 bits per heavy atom. The number of nitrogens with zero attached hydrogens (tertiary/aromatic N) is 1. The summed E-state index contributed by atoms with van der Waals surface area (Å²) in [6.07, 6.45) is 1.28. The van der Waals surface area contributed by atoms with Gasteiger partial charge in [-0.3, -0.25) is 9.79 Å². The van der Waals surface area contributed by atoms with Gasteiger partial charge in [-0.1, -0.05) is 0 Å². The first-order chi connectivity index (χ1) is 3.77. The molecule has 0 saturated carbocycles. The molecule has 0 saturated heterocycles. The van der Waals surface area contributed by atoms with Crippen LogP contribution in [0.4, 0.5) is 0 Å². The Morgan fingerprint density at radius 3 is 2.88 bits per heavy atom. The lowest BCUT2D eigenvalue weighted by molar-refractivity contribution is -0.110.